The summed E-state index contributed by atoms with van der Waals surface area (Å²) in [6.07, 6.45) is 12.5. The normalized spacial score (nSPS) is 44.5. The summed E-state index contributed by atoms with van der Waals surface area (Å²) in [4.78, 5) is 40.0. The second kappa shape index (κ2) is 9.15. The molecular weight excluding hydrogens is 484 g/mol. The lowest BCUT2D eigenvalue weighted by Crippen LogP contribution is -2.64. The Bertz CT molecular complexity index is 1210. The zero-order valence-electron chi connectivity index (χ0n) is 25.2. The van der Waals surface area contributed by atoms with E-state index in [4.69, 9.17) is 0 Å². The van der Waals surface area contributed by atoms with E-state index in [1.807, 2.05) is 26.0 Å². The zero-order valence-corrected chi connectivity index (χ0v) is 25.2. The van der Waals surface area contributed by atoms with Crippen LogP contribution in [-0.4, -0.2) is 24.0 Å². The lowest BCUT2D eigenvalue weighted by molar-refractivity contribution is -0.171. The molecule has 212 valence electrons. The molecule has 5 heteroatoms. The van der Waals surface area contributed by atoms with Crippen molar-refractivity contribution in [1.82, 2.24) is 5.32 Å². The Hall–Kier alpha value is -2.22. The molecule has 0 aromatic rings. The molecule has 8 unspecified atom stereocenters. The van der Waals surface area contributed by atoms with E-state index in [1.54, 1.807) is 0 Å². The van der Waals surface area contributed by atoms with E-state index in [2.05, 4.69) is 46.0 Å². The highest BCUT2D eigenvalue weighted by molar-refractivity contribution is 6.02. The average molecular weight is 533 g/mol. The second-order valence-electron chi connectivity index (χ2n) is 15.2. The minimum Gasteiger partial charge on any atom is -0.356 e. The maximum Gasteiger partial charge on any atom is 0.220 e. The standard InChI is InChI=1S/C34H48N2O3/c1-8-36-27(38)10-12-34-15-13-30(3,4)19-24(34)28-25(37)17-26-31(5)18-22(20-35)29(39)21(2)23(31)9-11-32(26,6)33(28,7)14-16-34/h17-18,21,23-24,28H,8-16,19H2,1-7H3,(H,36,38). The fraction of sp³-hybridized carbons (Fsp3) is 0.765. The molecule has 5 aliphatic rings. The van der Waals surface area contributed by atoms with Crippen LogP contribution in [-0.2, 0) is 14.4 Å². The molecule has 0 aromatic heterocycles. The van der Waals surface area contributed by atoms with E-state index < -0.39 is 5.41 Å². The number of carbonyl (C=O) groups is 3. The second-order valence-corrected chi connectivity index (χ2v) is 15.2. The molecule has 0 aromatic carbocycles. The maximum absolute atomic E-state index is 14.5. The van der Waals surface area contributed by atoms with Crippen LogP contribution in [0.15, 0.2) is 23.3 Å². The largest absolute Gasteiger partial charge is 0.356 e. The maximum atomic E-state index is 14.5. The summed E-state index contributed by atoms with van der Waals surface area (Å²) in [7, 11) is 0. The van der Waals surface area contributed by atoms with E-state index in [0.717, 1.165) is 56.9 Å². The lowest BCUT2D eigenvalue weighted by atomic mass is 9.34. The summed E-state index contributed by atoms with van der Waals surface area (Å²) < 4.78 is 0. The first-order chi connectivity index (χ1) is 18.2. The third-order valence-corrected chi connectivity index (χ3v) is 12.9. The number of Topliss-reactive ketones (excluding diaryl/α,β-unsaturated/α-hetero) is 1. The minimum atomic E-state index is -0.465. The SMILES string of the molecule is CCNC(=O)CCC12CCC(C)(C)CC1C1C(=O)C=C3C4(C)C=C(C#N)C(=O)C(C)C4CCC3(C)C1(C)CC2. The average Bonchev–Trinajstić information content (AvgIpc) is 2.87. The molecule has 1 amide bonds. The third kappa shape index (κ3) is 3.94. The molecule has 0 bridgehead atoms. The Morgan fingerprint density at radius 2 is 1.74 bits per heavy atom. The van der Waals surface area contributed by atoms with Crippen LogP contribution in [0, 0.1) is 62.1 Å². The lowest BCUT2D eigenvalue weighted by Gasteiger charge is -2.69. The van der Waals surface area contributed by atoms with Crippen molar-refractivity contribution in [3.63, 3.8) is 0 Å². The van der Waals surface area contributed by atoms with Crippen molar-refractivity contribution in [2.75, 3.05) is 6.54 Å². The Morgan fingerprint density at radius 1 is 1.05 bits per heavy atom. The van der Waals surface area contributed by atoms with Crippen LogP contribution >= 0.6 is 0 Å². The molecule has 39 heavy (non-hydrogen) atoms. The molecule has 1 N–H and O–H groups in total. The van der Waals surface area contributed by atoms with Gasteiger partial charge in [-0.05, 0) is 97.9 Å². The molecule has 0 saturated heterocycles. The van der Waals surface area contributed by atoms with Crippen LogP contribution in [0.1, 0.15) is 106 Å². The van der Waals surface area contributed by atoms with Gasteiger partial charge in [0.1, 0.15) is 6.07 Å². The fourth-order valence-electron chi connectivity index (χ4n) is 10.4. The highest BCUT2D eigenvalue weighted by Gasteiger charge is 2.68. The first-order valence-electron chi connectivity index (χ1n) is 15.4. The van der Waals surface area contributed by atoms with Gasteiger partial charge in [0, 0.05) is 30.2 Å². The van der Waals surface area contributed by atoms with Crippen molar-refractivity contribution in [2.45, 2.75) is 106 Å². The molecule has 0 aliphatic heterocycles. The summed E-state index contributed by atoms with van der Waals surface area (Å²) in [5, 5.41) is 12.8. The van der Waals surface area contributed by atoms with Crippen LogP contribution in [0.25, 0.3) is 0 Å². The van der Waals surface area contributed by atoms with Crippen molar-refractivity contribution in [1.29, 1.82) is 5.26 Å². The summed E-state index contributed by atoms with van der Waals surface area (Å²) in [5.41, 5.74) is 0.787. The number of nitriles is 1. The smallest absolute Gasteiger partial charge is 0.220 e. The Labute approximate surface area is 235 Å². The van der Waals surface area contributed by atoms with E-state index in [0.29, 0.717) is 13.0 Å². The third-order valence-electron chi connectivity index (χ3n) is 12.9. The fourth-order valence-corrected chi connectivity index (χ4v) is 10.4. The molecule has 3 fully saturated rings. The van der Waals surface area contributed by atoms with Gasteiger partial charge in [-0.2, -0.15) is 5.26 Å². The van der Waals surface area contributed by atoms with Gasteiger partial charge in [0.15, 0.2) is 11.6 Å². The van der Waals surface area contributed by atoms with Gasteiger partial charge in [0.2, 0.25) is 5.91 Å². The number of carbonyl (C=O) groups excluding carboxylic acids is 3. The number of amides is 1. The Kier molecular flexibility index (Phi) is 6.64. The molecule has 0 heterocycles. The number of rotatable bonds is 4. The molecule has 5 rings (SSSR count). The summed E-state index contributed by atoms with van der Waals surface area (Å²) in [6, 6.07) is 2.18. The van der Waals surface area contributed by atoms with E-state index >= 15 is 0 Å². The van der Waals surface area contributed by atoms with E-state index in [1.165, 1.54) is 0 Å². The van der Waals surface area contributed by atoms with Crippen molar-refractivity contribution in [3.8, 4) is 6.07 Å². The molecule has 0 spiro atoms. The van der Waals surface area contributed by atoms with Crippen LogP contribution in [0.2, 0.25) is 0 Å². The van der Waals surface area contributed by atoms with Gasteiger partial charge >= 0.3 is 0 Å². The van der Waals surface area contributed by atoms with Gasteiger partial charge in [-0.15, -0.1) is 0 Å². The van der Waals surface area contributed by atoms with Crippen molar-refractivity contribution in [3.05, 3.63) is 23.3 Å². The molecule has 5 nitrogen and oxygen atoms in total. The monoisotopic (exact) mass is 532 g/mol. The van der Waals surface area contributed by atoms with Crippen molar-refractivity contribution >= 4 is 17.5 Å². The van der Waals surface area contributed by atoms with Gasteiger partial charge < -0.3 is 5.32 Å². The first kappa shape index (κ1) is 28.3. The predicted octanol–water partition coefficient (Wildman–Crippen LogP) is 6.73. The van der Waals surface area contributed by atoms with Gasteiger partial charge in [-0.1, -0.05) is 53.2 Å². The highest BCUT2D eigenvalue weighted by Crippen LogP contribution is 2.74. The first-order valence-corrected chi connectivity index (χ1v) is 15.4. The number of hydrogen-bond donors (Lipinski definition) is 1. The molecule has 0 radical (unpaired) electrons. The minimum absolute atomic E-state index is 0.0307. The molecule has 3 saturated carbocycles. The van der Waals surface area contributed by atoms with Crippen LogP contribution in [0.4, 0.5) is 0 Å². The zero-order chi connectivity index (χ0) is 28.6. The highest BCUT2D eigenvalue weighted by atomic mass is 16.1. The quantitative estimate of drug-likeness (QED) is 0.435. The summed E-state index contributed by atoms with van der Waals surface area (Å²) in [6.45, 7) is 16.2. The number of ketones is 2. The number of allylic oxidation sites excluding steroid dienone is 4. The van der Waals surface area contributed by atoms with Crippen molar-refractivity contribution < 1.29 is 14.4 Å². The number of fused-ring (bicyclic) bond motifs is 7. The Balaban J connectivity index is 1.61. The van der Waals surface area contributed by atoms with Gasteiger partial charge in [-0.3, -0.25) is 14.4 Å². The number of nitrogens with zero attached hydrogens (tertiary/aromatic N) is 1. The van der Waals surface area contributed by atoms with Gasteiger partial charge in [-0.25, -0.2) is 0 Å². The number of hydrogen-bond acceptors (Lipinski definition) is 4. The topological polar surface area (TPSA) is 87.0 Å². The molecular formula is C34H48N2O3. The number of nitrogens with one attached hydrogen (secondary N) is 1. The Morgan fingerprint density at radius 3 is 2.41 bits per heavy atom. The predicted molar refractivity (Wildman–Crippen MR) is 152 cm³/mol. The summed E-state index contributed by atoms with van der Waals surface area (Å²) >= 11 is 0. The summed E-state index contributed by atoms with van der Waals surface area (Å²) in [5.74, 6) is 0.425. The van der Waals surface area contributed by atoms with Gasteiger partial charge in [0.05, 0.1) is 5.57 Å². The van der Waals surface area contributed by atoms with E-state index in [9.17, 15) is 19.6 Å². The van der Waals surface area contributed by atoms with Crippen molar-refractivity contribution in [2.24, 2.45) is 50.7 Å². The molecule has 8 atom stereocenters. The van der Waals surface area contributed by atoms with Crippen LogP contribution < -0.4 is 5.32 Å². The van der Waals surface area contributed by atoms with Gasteiger partial charge in [0.25, 0.3) is 0 Å². The molecule has 5 aliphatic carbocycles. The van der Waals surface area contributed by atoms with E-state index in [-0.39, 0.29) is 68.4 Å². The van der Waals surface area contributed by atoms with Crippen LogP contribution in [0.3, 0.4) is 0 Å². The van der Waals surface area contributed by atoms with Crippen LogP contribution in [0.5, 0.6) is 0 Å².